The van der Waals surface area contributed by atoms with Crippen molar-refractivity contribution in [3.05, 3.63) is 59.7 Å². The van der Waals surface area contributed by atoms with E-state index in [1.165, 1.54) is 33.3 Å². The van der Waals surface area contributed by atoms with E-state index < -0.39 is 10.0 Å². The molecule has 1 amide bonds. The smallest absolute Gasteiger partial charge is 0.246 e. The highest BCUT2D eigenvalue weighted by Gasteiger charge is 2.23. The number of hydrogen-bond donors (Lipinski definition) is 1. The van der Waals surface area contributed by atoms with E-state index in [0.717, 1.165) is 15.6 Å². The highest BCUT2D eigenvalue weighted by molar-refractivity contribution is 7.89. The predicted molar refractivity (Wildman–Crippen MR) is 110 cm³/mol. The number of carbonyl (C=O) groups excluding carboxylic acids is 1. The number of methoxy groups -OCH3 is 1. The van der Waals surface area contributed by atoms with Crippen molar-refractivity contribution in [1.29, 1.82) is 0 Å². The number of ether oxygens (including phenoxy) is 2. The molecule has 0 saturated heterocycles. The Balaban J connectivity index is 1.78. The Morgan fingerprint density at radius 3 is 2.72 bits per heavy atom. The monoisotopic (exact) mass is 416 g/mol. The standard InChI is InChI=1S/C21H24N2O5S/c1-23(2)29(25,26)20-14-15(8-10-19(20)27-3)9-11-21(24)22-17-12-13-28-18-7-5-4-6-16(17)18/h4-11,14,17H,12-13H2,1-3H3,(H,22,24)/b11-9+/t17-/m0/s1. The highest BCUT2D eigenvalue weighted by Crippen LogP contribution is 2.31. The van der Waals surface area contributed by atoms with Crippen LogP contribution in [0.15, 0.2) is 53.4 Å². The van der Waals surface area contributed by atoms with Crippen LogP contribution in [0.5, 0.6) is 11.5 Å². The number of para-hydroxylation sites is 1. The average Bonchev–Trinajstić information content (AvgIpc) is 2.72. The molecule has 0 spiro atoms. The van der Waals surface area contributed by atoms with E-state index in [1.54, 1.807) is 18.2 Å². The van der Waals surface area contributed by atoms with E-state index >= 15 is 0 Å². The summed E-state index contributed by atoms with van der Waals surface area (Å²) in [6.07, 6.45) is 3.66. The number of fused-ring (bicyclic) bond motifs is 1. The van der Waals surface area contributed by atoms with Crippen LogP contribution >= 0.6 is 0 Å². The molecule has 154 valence electrons. The Labute approximate surface area is 171 Å². The lowest BCUT2D eigenvalue weighted by molar-refractivity contribution is -0.117. The van der Waals surface area contributed by atoms with E-state index in [2.05, 4.69) is 5.32 Å². The molecule has 0 aliphatic carbocycles. The first kappa shape index (κ1) is 20.9. The molecule has 7 nitrogen and oxygen atoms in total. The minimum atomic E-state index is -3.68. The van der Waals surface area contributed by atoms with E-state index in [9.17, 15) is 13.2 Å². The number of nitrogens with zero attached hydrogens (tertiary/aromatic N) is 1. The van der Waals surface area contributed by atoms with Crippen molar-refractivity contribution >= 4 is 22.0 Å². The van der Waals surface area contributed by atoms with Crippen LogP contribution in [0.3, 0.4) is 0 Å². The quantitative estimate of drug-likeness (QED) is 0.732. The van der Waals surface area contributed by atoms with Crippen molar-refractivity contribution < 1.29 is 22.7 Å². The molecule has 1 heterocycles. The van der Waals surface area contributed by atoms with Gasteiger partial charge in [0.1, 0.15) is 16.4 Å². The summed E-state index contributed by atoms with van der Waals surface area (Å²) in [5.41, 5.74) is 1.53. The Morgan fingerprint density at radius 1 is 1.24 bits per heavy atom. The zero-order valence-corrected chi connectivity index (χ0v) is 17.4. The predicted octanol–water partition coefficient (Wildman–Crippen LogP) is 2.60. The summed E-state index contributed by atoms with van der Waals surface area (Å²) in [4.78, 5) is 12.5. The Kier molecular flexibility index (Phi) is 6.24. The van der Waals surface area contributed by atoms with Crippen molar-refractivity contribution in [2.45, 2.75) is 17.4 Å². The molecule has 1 aliphatic rings. The fraction of sp³-hybridized carbons (Fsp3) is 0.286. The maximum absolute atomic E-state index is 12.5. The molecule has 0 unspecified atom stereocenters. The second-order valence-electron chi connectivity index (χ2n) is 6.77. The van der Waals surface area contributed by atoms with E-state index in [0.29, 0.717) is 18.6 Å². The zero-order valence-electron chi connectivity index (χ0n) is 16.6. The lowest BCUT2D eigenvalue weighted by Crippen LogP contribution is -2.30. The van der Waals surface area contributed by atoms with Crippen LogP contribution in [-0.2, 0) is 14.8 Å². The maximum Gasteiger partial charge on any atom is 0.246 e. The molecule has 3 rings (SSSR count). The minimum Gasteiger partial charge on any atom is -0.495 e. The number of nitrogens with one attached hydrogen (secondary N) is 1. The Morgan fingerprint density at radius 2 is 2.00 bits per heavy atom. The summed E-state index contributed by atoms with van der Waals surface area (Å²) in [6.45, 7) is 0.538. The van der Waals surface area contributed by atoms with Crippen molar-refractivity contribution in [1.82, 2.24) is 9.62 Å². The molecule has 1 N–H and O–H groups in total. The third-order valence-corrected chi connectivity index (χ3v) is 6.48. The third kappa shape index (κ3) is 4.60. The Hall–Kier alpha value is -2.84. The van der Waals surface area contributed by atoms with Gasteiger partial charge < -0.3 is 14.8 Å². The molecule has 0 aromatic heterocycles. The van der Waals surface area contributed by atoms with Crippen molar-refractivity contribution in [2.24, 2.45) is 0 Å². The van der Waals surface area contributed by atoms with Gasteiger partial charge in [0.2, 0.25) is 15.9 Å². The van der Waals surface area contributed by atoms with Crippen molar-refractivity contribution in [3.63, 3.8) is 0 Å². The number of sulfonamides is 1. The van der Waals surface area contributed by atoms with Gasteiger partial charge in [-0.15, -0.1) is 0 Å². The van der Waals surface area contributed by atoms with E-state index in [-0.39, 0.29) is 22.6 Å². The van der Waals surface area contributed by atoms with Gasteiger partial charge in [-0.05, 0) is 29.8 Å². The van der Waals surface area contributed by atoms with E-state index in [1.807, 2.05) is 24.3 Å². The molecule has 1 aliphatic heterocycles. The topological polar surface area (TPSA) is 84.9 Å². The third-order valence-electron chi connectivity index (χ3n) is 4.65. The average molecular weight is 416 g/mol. The molecular formula is C21H24N2O5S. The van der Waals surface area contributed by atoms with Crippen LogP contribution in [0.2, 0.25) is 0 Å². The number of rotatable bonds is 6. The molecular weight excluding hydrogens is 392 g/mol. The van der Waals surface area contributed by atoms with Gasteiger partial charge in [0.25, 0.3) is 0 Å². The van der Waals surface area contributed by atoms with Crippen LogP contribution in [0.4, 0.5) is 0 Å². The van der Waals surface area contributed by atoms with Gasteiger partial charge in [-0.2, -0.15) is 0 Å². The largest absolute Gasteiger partial charge is 0.495 e. The van der Waals surface area contributed by atoms with Gasteiger partial charge in [-0.3, -0.25) is 4.79 Å². The summed E-state index contributed by atoms with van der Waals surface area (Å²) in [6, 6.07) is 12.3. The van der Waals surface area contributed by atoms with Gasteiger partial charge >= 0.3 is 0 Å². The summed E-state index contributed by atoms with van der Waals surface area (Å²) in [5, 5.41) is 2.97. The number of amides is 1. The van der Waals surface area contributed by atoms with Crippen LogP contribution in [0, 0.1) is 0 Å². The fourth-order valence-corrected chi connectivity index (χ4v) is 4.16. The van der Waals surface area contributed by atoms with Crippen LogP contribution in [-0.4, -0.2) is 46.4 Å². The van der Waals surface area contributed by atoms with Crippen molar-refractivity contribution in [2.75, 3.05) is 27.8 Å². The van der Waals surface area contributed by atoms with Crippen molar-refractivity contribution in [3.8, 4) is 11.5 Å². The second kappa shape index (κ2) is 8.67. The van der Waals surface area contributed by atoms with E-state index in [4.69, 9.17) is 9.47 Å². The normalized spacial score (nSPS) is 16.3. The SMILES string of the molecule is COc1ccc(/C=C/C(=O)N[C@H]2CCOc3ccccc32)cc1S(=O)(=O)N(C)C. The lowest BCUT2D eigenvalue weighted by Gasteiger charge is -2.26. The van der Waals surface area contributed by atoms with Gasteiger partial charge in [0, 0.05) is 32.2 Å². The first-order chi connectivity index (χ1) is 13.8. The summed E-state index contributed by atoms with van der Waals surface area (Å²) in [7, 11) is 0.648. The fourth-order valence-electron chi connectivity index (χ4n) is 3.08. The number of benzene rings is 2. The molecule has 1 atom stereocenters. The molecule has 0 saturated carbocycles. The first-order valence-electron chi connectivity index (χ1n) is 9.14. The molecule has 0 bridgehead atoms. The molecule has 8 heteroatoms. The summed E-state index contributed by atoms with van der Waals surface area (Å²) in [5.74, 6) is 0.764. The van der Waals surface area contributed by atoms with Crippen LogP contribution in [0.1, 0.15) is 23.6 Å². The zero-order chi connectivity index (χ0) is 21.0. The number of carbonyl (C=O) groups is 1. The van der Waals surface area contributed by atoms with Crippen LogP contribution < -0.4 is 14.8 Å². The highest BCUT2D eigenvalue weighted by atomic mass is 32.2. The second-order valence-corrected chi connectivity index (χ2v) is 8.89. The van der Waals surface area contributed by atoms with Gasteiger partial charge in [-0.25, -0.2) is 12.7 Å². The molecule has 0 radical (unpaired) electrons. The lowest BCUT2D eigenvalue weighted by atomic mass is 10.0. The van der Waals surface area contributed by atoms with Gasteiger partial charge in [-0.1, -0.05) is 24.3 Å². The molecule has 0 fully saturated rings. The Bertz CT molecular complexity index is 1030. The van der Waals surface area contributed by atoms with Gasteiger partial charge in [0.15, 0.2) is 0 Å². The molecule has 29 heavy (non-hydrogen) atoms. The summed E-state index contributed by atoms with van der Waals surface area (Å²) < 4.78 is 36.9. The number of hydrogen-bond acceptors (Lipinski definition) is 5. The van der Waals surface area contributed by atoms with Crippen LogP contribution in [0.25, 0.3) is 6.08 Å². The summed E-state index contributed by atoms with van der Waals surface area (Å²) >= 11 is 0. The van der Waals surface area contributed by atoms with Gasteiger partial charge in [0.05, 0.1) is 19.8 Å². The molecule has 2 aromatic rings. The first-order valence-corrected chi connectivity index (χ1v) is 10.6. The minimum absolute atomic E-state index is 0.0471. The molecule has 2 aromatic carbocycles. The maximum atomic E-state index is 12.5.